The number of nitrogens with one attached hydrogen (secondary N) is 2. The fourth-order valence-electron chi connectivity index (χ4n) is 4.64. The van der Waals surface area contributed by atoms with E-state index in [0.29, 0.717) is 18.2 Å². The zero-order chi connectivity index (χ0) is 24.9. The van der Waals surface area contributed by atoms with Gasteiger partial charge >= 0.3 is 0 Å². The van der Waals surface area contributed by atoms with Crippen LogP contribution in [0.5, 0.6) is 0 Å². The Morgan fingerprint density at radius 3 is 2.74 bits per heavy atom. The number of hydrogen-bond donors (Lipinski definition) is 3. The number of carbonyl (C=O) groups is 1. The summed E-state index contributed by atoms with van der Waals surface area (Å²) < 4.78 is 0. The van der Waals surface area contributed by atoms with Crippen LogP contribution in [0, 0.1) is 10.8 Å². The quantitative estimate of drug-likeness (QED) is 0.425. The number of amidine groups is 1. The fourth-order valence-corrected chi connectivity index (χ4v) is 4.64. The van der Waals surface area contributed by atoms with Gasteiger partial charge in [0.05, 0.1) is 18.7 Å². The largest absolute Gasteiger partial charge is 0.355 e. The van der Waals surface area contributed by atoms with Gasteiger partial charge in [-0.2, -0.15) is 5.10 Å². The fraction of sp³-hybridized carbons (Fsp3) is 0.417. The van der Waals surface area contributed by atoms with Crippen LogP contribution in [-0.4, -0.2) is 82.6 Å². The molecule has 1 aromatic heterocycles. The molecule has 0 aliphatic carbocycles. The first-order valence-corrected chi connectivity index (χ1v) is 11.8. The summed E-state index contributed by atoms with van der Waals surface area (Å²) in [6.07, 6.45) is 9.49. The van der Waals surface area contributed by atoms with Crippen LogP contribution in [0.25, 0.3) is 0 Å². The summed E-state index contributed by atoms with van der Waals surface area (Å²) >= 11 is 0. The van der Waals surface area contributed by atoms with Gasteiger partial charge in [-0.05, 0) is 50.8 Å². The SMILES string of the molecule is C=NN1C=C(C)C(N2CC[C@H](N)C2)=N/C1=C/C1CCCCN1C(=O)c1cccc(N(C=N)C=N)n1. The third kappa shape index (κ3) is 5.14. The van der Waals surface area contributed by atoms with Gasteiger partial charge in [-0.15, -0.1) is 0 Å². The number of nitrogens with two attached hydrogens (primary N) is 1. The molecule has 4 N–H and O–H groups in total. The zero-order valence-electron chi connectivity index (χ0n) is 20.0. The average Bonchev–Trinajstić information content (AvgIpc) is 3.31. The number of rotatable bonds is 6. The van der Waals surface area contributed by atoms with Crippen LogP contribution in [-0.2, 0) is 0 Å². The lowest BCUT2D eigenvalue weighted by atomic mass is 10.0. The summed E-state index contributed by atoms with van der Waals surface area (Å²) in [7, 11) is 0. The van der Waals surface area contributed by atoms with Crippen LogP contribution in [0.1, 0.15) is 43.1 Å². The van der Waals surface area contributed by atoms with Crippen molar-refractivity contribution >= 4 is 37.0 Å². The molecular formula is C24H32N10O. The first-order chi connectivity index (χ1) is 16.9. The molecule has 2 atom stereocenters. The molecule has 11 heteroatoms. The summed E-state index contributed by atoms with van der Waals surface area (Å²) in [5.74, 6) is 1.66. The Balaban J connectivity index is 1.63. The van der Waals surface area contributed by atoms with E-state index < -0.39 is 0 Å². The maximum absolute atomic E-state index is 13.5. The predicted molar refractivity (Wildman–Crippen MR) is 138 cm³/mol. The summed E-state index contributed by atoms with van der Waals surface area (Å²) in [5.41, 5.74) is 7.38. The van der Waals surface area contributed by atoms with Gasteiger partial charge in [0.2, 0.25) is 0 Å². The number of likely N-dealkylation sites (tertiary alicyclic amines) is 2. The van der Waals surface area contributed by atoms with Crippen LogP contribution >= 0.6 is 0 Å². The molecule has 0 aromatic carbocycles. The van der Waals surface area contributed by atoms with Crippen LogP contribution in [0.15, 0.2) is 52.0 Å². The summed E-state index contributed by atoms with van der Waals surface area (Å²) in [4.78, 5) is 28.1. The van der Waals surface area contributed by atoms with Gasteiger partial charge in [0.1, 0.15) is 17.3 Å². The molecule has 0 radical (unpaired) electrons. The standard InChI is InChI=1S/C24H32N10O/c1-17-13-34(28-2)22(30-23(17)31-11-9-18(27)14-31)12-19-6-3-4-10-33(19)24(35)20-7-5-8-21(29-20)32(15-25)16-26/h5,7-8,12-13,15-16,18-19,25-26H,2-4,6,9-11,14,27H2,1H3/b22-12-,25-15?,26-16?/t18-,19?/m0/s1. The van der Waals surface area contributed by atoms with E-state index in [2.05, 4.69) is 21.7 Å². The smallest absolute Gasteiger partial charge is 0.273 e. The van der Waals surface area contributed by atoms with E-state index in [4.69, 9.17) is 21.5 Å². The van der Waals surface area contributed by atoms with Gasteiger partial charge in [-0.1, -0.05) is 6.07 Å². The highest BCUT2D eigenvalue weighted by Gasteiger charge is 2.30. The Hall–Kier alpha value is -3.86. The first kappa shape index (κ1) is 24.3. The Kier molecular flexibility index (Phi) is 7.35. The summed E-state index contributed by atoms with van der Waals surface area (Å²) in [5, 5.41) is 20.7. The van der Waals surface area contributed by atoms with E-state index in [-0.39, 0.29) is 23.7 Å². The monoisotopic (exact) mass is 476 g/mol. The molecule has 35 heavy (non-hydrogen) atoms. The second-order valence-electron chi connectivity index (χ2n) is 8.86. The third-order valence-electron chi connectivity index (χ3n) is 6.45. The van der Waals surface area contributed by atoms with Gasteiger partial charge in [0.15, 0.2) is 5.82 Å². The van der Waals surface area contributed by atoms with Crippen molar-refractivity contribution in [1.82, 2.24) is 19.8 Å². The van der Waals surface area contributed by atoms with Crippen LogP contribution in [0.3, 0.4) is 0 Å². The van der Waals surface area contributed by atoms with Crippen molar-refractivity contribution in [2.75, 3.05) is 24.5 Å². The van der Waals surface area contributed by atoms with Crippen molar-refractivity contribution in [3.8, 4) is 0 Å². The highest BCUT2D eigenvalue weighted by atomic mass is 16.2. The van der Waals surface area contributed by atoms with Gasteiger partial charge < -0.3 is 15.5 Å². The van der Waals surface area contributed by atoms with E-state index in [1.165, 1.54) is 4.90 Å². The number of nitrogens with zero attached hydrogens (tertiary/aromatic N) is 7. The molecule has 1 aromatic rings. The van der Waals surface area contributed by atoms with E-state index in [0.717, 1.165) is 62.9 Å². The Labute approximate surface area is 205 Å². The zero-order valence-corrected chi connectivity index (χ0v) is 20.0. The molecule has 3 aliphatic heterocycles. The van der Waals surface area contributed by atoms with Crippen molar-refractivity contribution in [3.05, 3.63) is 47.6 Å². The van der Waals surface area contributed by atoms with E-state index in [1.807, 2.05) is 24.1 Å². The van der Waals surface area contributed by atoms with E-state index in [1.54, 1.807) is 23.2 Å². The molecule has 1 amide bonds. The number of hydrogen-bond acceptors (Lipinski definition) is 9. The summed E-state index contributed by atoms with van der Waals surface area (Å²) in [6, 6.07) is 4.99. The molecule has 0 saturated carbocycles. The molecule has 4 heterocycles. The number of carbonyl (C=O) groups excluding carboxylic acids is 1. The van der Waals surface area contributed by atoms with Crippen LogP contribution in [0.4, 0.5) is 5.82 Å². The van der Waals surface area contributed by atoms with Gasteiger partial charge in [-0.25, -0.2) is 15.0 Å². The van der Waals surface area contributed by atoms with E-state index >= 15 is 0 Å². The number of aromatic nitrogens is 1. The Bertz CT molecular complexity index is 1090. The second kappa shape index (κ2) is 10.6. The van der Waals surface area contributed by atoms with Crippen molar-refractivity contribution in [1.29, 1.82) is 10.8 Å². The number of pyridine rings is 1. The minimum absolute atomic E-state index is 0.138. The Morgan fingerprint density at radius 2 is 2.06 bits per heavy atom. The summed E-state index contributed by atoms with van der Waals surface area (Å²) in [6.45, 7) is 7.92. The third-order valence-corrected chi connectivity index (χ3v) is 6.45. The van der Waals surface area contributed by atoms with Crippen molar-refractivity contribution < 1.29 is 4.79 Å². The highest BCUT2D eigenvalue weighted by Crippen LogP contribution is 2.27. The number of aliphatic imine (C=N–C) groups is 1. The van der Waals surface area contributed by atoms with E-state index in [9.17, 15) is 4.79 Å². The Morgan fingerprint density at radius 1 is 1.26 bits per heavy atom. The van der Waals surface area contributed by atoms with Crippen LogP contribution < -0.4 is 10.6 Å². The molecule has 0 bridgehead atoms. The number of amides is 1. The number of anilines is 1. The lowest BCUT2D eigenvalue weighted by Crippen LogP contribution is -2.43. The topological polar surface area (TPSA) is 141 Å². The maximum Gasteiger partial charge on any atom is 0.273 e. The first-order valence-electron chi connectivity index (χ1n) is 11.8. The molecule has 4 rings (SSSR count). The van der Waals surface area contributed by atoms with Gasteiger partial charge in [0, 0.05) is 44.2 Å². The minimum Gasteiger partial charge on any atom is -0.355 e. The number of piperidine rings is 1. The maximum atomic E-state index is 13.5. The van der Waals surface area contributed by atoms with Gasteiger partial charge in [-0.3, -0.25) is 20.5 Å². The molecule has 11 nitrogen and oxygen atoms in total. The lowest BCUT2D eigenvalue weighted by molar-refractivity contribution is 0.0656. The van der Waals surface area contributed by atoms with Gasteiger partial charge in [0.25, 0.3) is 5.91 Å². The van der Waals surface area contributed by atoms with Crippen LogP contribution in [0.2, 0.25) is 0 Å². The molecule has 1 unspecified atom stereocenters. The predicted octanol–water partition coefficient (Wildman–Crippen LogP) is 2.20. The second-order valence-corrected chi connectivity index (χ2v) is 8.86. The molecular weight excluding hydrogens is 444 g/mol. The molecule has 3 aliphatic rings. The number of hydrazone groups is 1. The average molecular weight is 477 g/mol. The molecule has 2 saturated heterocycles. The normalized spacial score (nSPS) is 23.6. The minimum atomic E-state index is -0.196. The molecule has 184 valence electrons. The molecule has 2 fully saturated rings. The highest BCUT2D eigenvalue weighted by molar-refractivity contribution is 5.99. The van der Waals surface area contributed by atoms with Crippen molar-refractivity contribution in [3.63, 3.8) is 0 Å². The van der Waals surface area contributed by atoms with Crippen molar-refractivity contribution in [2.45, 2.75) is 44.7 Å². The van der Waals surface area contributed by atoms with Crippen molar-refractivity contribution in [2.24, 2.45) is 15.8 Å². The molecule has 0 spiro atoms. The lowest BCUT2D eigenvalue weighted by Gasteiger charge is -2.35.